The molecule has 4 rings (SSSR count). The van der Waals surface area contributed by atoms with E-state index in [9.17, 15) is 9.59 Å². The van der Waals surface area contributed by atoms with Gasteiger partial charge in [0.25, 0.3) is 0 Å². The fourth-order valence-electron chi connectivity index (χ4n) is 4.75. The molecule has 1 aromatic heterocycles. The van der Waals surface area contributed by atoms with Gasteiger partial charge in [0, 0.05) is 5.56 Å². The van der Waals surface area contributed by atoms with Crippen molar-refractivity contribution in [3.63, 3.8) is 0 Å². The highest BCUT2D eigenvalue weighted by molar-refractivity contribution is 6.06. The van der Waals surface area contributed by atoms with Crippen LogP contribution in [0.1, 0.15) is 68.3 Å². The lowest BCUT2D eigenvalue weighted by Crippen LogP contribution is -2.58. The molecule has 24 heavy (non-hydrogen) atoms. The van der Waals surface area contributed by atoms with Gasteiger partial charge in [0.05, 0.1) is 23.7 Å². The Morgan fingerprint density at radius 1 is 1.38 bits per heavy atom. The van der Waals surface area contributed by atoms with E-state index in [1.54, 1.807) is 6.26 Å². The fraction of sp³-hybridized carbons (Fsp3) is 0.684. The second-order valence-electron chi connectivity index (χ2n) is 8.07. The molecule has 0 radical (unpaired) electrons. The lowest BCUT2D eigenvalue weighted by Gasteiger charge is -2.49. The Labute approximate surface area is 141 Å². The summed E-state index contributed by atoms with van der Waals surface area (Å²) in [5.74, 6) is -0.0582. The second kappa shape index (κ2) is 4.72. The Kier molecular flexibility index (Phi) is 3.12. The molecule has 2 fully saturated rings. The topological polar surface area (TPSA) is 69.0 Å². The van der Waals surface area contributed by atoms with Crippen molar-refractivity contribution in [2.45, 2.75) is 65.3 Å². The first-order chi connectivity index (χ1) is 11.2. The van der Waals surface area contributed by atoms with Crippen LogP contribution in [0.2, 0.25) is 0 Å². The third kappa shape index (κ3) is 1.64. The fourth-order valence-corrected chi connectivity index (χ4v) is 4.75. The first-order valence-electron chi connectivity index (χ1n) is 8.76. The Morgan fingerprint density at radius 2 is 2.08 bits per heavy atom. The number of Topliss-reactive ketones (excluding diaryl/α,β-unsaturated/α-hetero) is 1. The number of furan rings is 1. The molecule has 0 bridgehead atoms. The van der Waals surface area contributed by atoms with Crippen LogP contribution in [0.3, 0.4) is 0 Å². The van der Waals surface area contributed by atoms with Gasteiger partial charge in [0.15, 0.2) is 11.4 Å². The number of esters is 1. The molecule has 3 aliphatic rings. The van der Waals surface area contributed by atoms with Crippen molar-refractivity contribution in [3.8, 4) is 0 Å². The van der Waals surface area contributed by atoms with E-state index < -0.39 is 17.1 Å². The minimum absolute atomic E-state index is 0.0819. The molecule has 0 N–H and O–H groups in total. The minimum Gasteiger partial charge on any atom is -0.460 e. The molecule has 0 aromatic carbocycles. The van der Waals surface area contributed by atoms with Gasteiger partial charge in [-0.3, -0.25) is 9.59 Å². The van der Waals surface area contributed by atoms with Crippen LogP contribution < -0.4 is 0 Å². The van der Waals surface area contributed by atoms with E-state index in [-0.39, 0.29) is 29.7 Å². The zero-order valence-corrected chi connectivity index (χ0v) is 14.8. The van der Waals surface area contributed by atoms with E-state index in [4.69, 9.17) is 13.9 Å². The maximum absolute atomic E-state index is 13.2. The summed E-state index contributed by atoms with van der Waals surface area (Å²) >= 11 is 0. The molecule has 5 atom stereocenters. The summed E-state index contributed by atoms with van der Waals surface area (Å²) < 4.78 is 17.5. The summed E-state index contributed by atoms with van der Waals surface area (Å²) in [5.41, 5.74) is 0.111. The van der Waals surface area contributed by atoms with Crippen LogP contribution in [0.5, 0.6) is 0 Å². The molecule has 2 aliphatic carbocycles. The van der Waals surface area contributed by atoms with Gasteiger partial charge in [0.2, 0.25) is 5.78 Å². The molecule has 0 amide bonds. The number of carbonyl (C=O) groups is 2. The first-order valence-corrected chi connectivity index (χ1v) is 8.76. The third-order valence-corrected chi connectivity index (χ3v) is 6.49. The zero-order valence-electron chi connectivity index (χ0n) is 14.8. The van der Waals surface area contributed by atoms with Gasteiger partial charge in [-0.25, -0.2) is 0 Å². The highest BCUT2D eigenvalue weighted by Gasteiger charge is 2.80. The maximum Gasteiger partial charge on any atom is 0.309 e. The summed E-state index contributed by atoms with van der Waals surface area (Å²) in [6.07, 6.45) is 2.79. The molecule has 1 aromatic rings. The standard InChI is InChI=1S/C19H24O5/c1-9(2)17(21)23-16-13-10(3)8-22-14(13)15(20)19-12(24-19)7-6-11(4)18(16,19)5/h8-9,11-12,16H,6-7H2,1-5H3. The van der Waals surface area contributed by atoms with Gasteiger partial charge in [-0.15, -0.1) is 0 Å². The summed E-state index contributed by atoms with van der Waals surface area (Å²) in [6.45, 7) is 9.70. The summed E-state index contributed by atoms with van der Waals surface area (Å²) in [5, 5.41) is 0. The van der Waals surface area contributed by atoms with Crippen molar-refractivity contribution in [1.82, 2.24) is 0 Å². The van der Waals surface area contributed by atoms with Crippen LogP contribution in [0.25, 0.3) is 0 Å². The van der Waals surface area contributed by atoms with Gasteiger partial charge in [-0.2, -0.15) is 0 Å². The smallest absolute Gasteiger partial charge is 0.309 e. The van der Waals surface area contributed by atoms with E-state index in [1.165, 1.54) is 0 Å². The highest BCUT2D eigenvalue weighted by Crippen LogP contribution is 2.69. The van der Waals surface area contributed by atoms with Crippen LogP contribution in [-0.4, -0.2) is 23.5 Å². The number of carbonyl (C=O) groups excluding carboxylic acids is 2. The predicted molar refractivity (Wildman–Crippen MR) is 85.6 cm³/mol. The summed E-state index contributed by atoms with van der Waals surface area (Å²) in [6, 6.07) is 0. The Balaban J connectivity index is 1.91. The number of epoxide rings is 1. The van der Waals surface area contributed by atoms with Crippen molar-refractivity contribution in [3.05, 3.63) is 23.2 Å². The van der Waals surface area contributed by atoms with Crippen molar-refractivity contribution in [2.75, 3.05) is 0 Å². The highest BCUT2D eigenvalue weighted by atomic mass is 16.6. The number of fused-ring (bicyclic) bond motifs is 1. The number of aryl methyl sites for hydroxylation is 1. The Bertz CT molecular complexity index is 732. The number of ketones is 1. The van der Waals surface area contributed by atoms with Crippen molar-refractivity contribution < 1.29 is 23.5 Å². The van der Waals surface area contributed by atoms with Gasteiger partial charge in [-0.05, 0) is 31.2 Å². The van der Waals surface area contributed by atoms with Crippen molar-refractivity contribution in [1.29, 1.82) is 0 Å². The van der Waals surface area contributed by atoms with E-state index in [1.807, 2.05) is 27.7 Å². The number of hydrogen-bond donors (Lipinski definition) is 0. The average molecular weight is 332 g/mol. The molecule has 1 spiro atoms. The van der Waals surface area contributed by atoms with Gasteiger partial charge < -0.3 is 13.9 Å². The van der Waals surface area contributed by atoms with Crippen molar-refractivity contribution >= 4 is 11.8 Å². The molecule has 1 aliphatic heterocycles. The van der Waals surface area contributed by atoms with Crippen LogP contribution in [0, 0.1) is 24.2 Å². The largest absolute Gasteiger partial charge is 0.460 e. The molecule has 1 saturated carbocycles. The lowest BCUT2D eigenvalue weighted by molar-refractivity contribution is -0.169. The van der Waals surface area contributed by atoms with Crippen LogP contribution in [0.4, 0.5) is 0 Å². The quantitative estimate of drug-likeness (QED) is 0.611. The van der Waals surface area contributed by atoms with Crippen LogP contribution in [0.15, 0.2) is 10.7 Å². The molecule has 5 heteroatoms. The maximum atomic E-state index is 13.2. The van der Waals surface area contributed by atoms with Gasteiger partial charge in [0.1, 0.15) is 6.10 Å². The number of ether oxygens (including phenoxy) is 2. The Hall–Kier alpha value is -1.62. The van der Waals surface area contributed by atoms with E-state index in [0.717, 1.165) is 24.0 Å². The molecule has 130 valence electrons. The zero-order chi connectivity index (χ0) is 17.4. The monoisotopic (exact) mass is 332 g/mol. The third-order valence-electron chi connectivity index (χ3n) is 6.49. The van der Waals surface area contributed by atoms with Crippen LogP contribution >= 0.6 is 0 Å². The van der Waals surface area contributed by atoms with Gasteiger partial charge >= 0.3 is 5.97 Å². The lowest BCUT2D eigenvalue weighted by atomic mass is 9.53. The van der Waals surface area contributed by atoms with Crippen LogP contribution in [-0.2, 0) is 14.3 Å². The minimum atomic E-state index is -0.899. The molecular weight excluding hydrogens is 308 g/mol. The molecular formula is C19H24O5. The number of rotatable bonds is 2. The molecule has 5 nitrogen and oxygen atoms in total. The van der Waals surface area contributed by atoms with E-state index in [2.05, 4.69) is 6.92 Å². The normalized spacial score (nSPS) is 39.9. The first kappa shape index (κ1) is 15.9. The summed E-state index contributed by atoms with van der Waals surface area (Å²) in [7, 11) is 0. The second-order valence-corrected chi connectivity index (χ2v) is 8.07. The average Bonchev–Trinajstić information content (AvgIpc) is 3.17. The van der Waals surface area contributed by atoms with Crippen molar-refractivity contribution in [2.24, 2.45) is 17.3 Å². The molecule has 5 unspecified atom stereocenters. The number of hydrogen-bond acceptors (Lipinski definition) is 5. The van der Waals surface area contributed by atoms with E-state index >= 15 is 0 Å². The summed E-state index contributed by atoms with van der Waals surface area (Å²) in [4.78, 5) is 25.6. The SMILES string of the molecule is Cc1coc2c1C(OC(=O)C(C)C)C1(C)C(C)CCC3OC31C2=O. The van der Waals surface area contributed by atoms with Gasteiger partial charge in [-0.1, -0.05) is 27.7 Å². The Morgan fingerprint density at radius 3 is 2.75 bits per heavy atom. The molecule has 1 saturated heterocycles. The predicted octanol–water partition coefficient (Wildman–Crippen LogP) is 3.60. The van der Waals surface area contributed by atoms with E-state index in [0.29, 0.717) is 5.76 Å². The molecule has 2 heterocycles.